The molecule has 22 heavy (non-hydrogen) atoms. The van der Waals surface area contributed by atoms with Gasteiger partial charge in [0.25, 0.3) is 11.6 Å². The summed E-state index contributed by atoms with van der Waals surface area (Å²) < 4.78 is 0. The van der Waals surface area contributed by atoms with E-state index in [-0.39, 0.29) is 22.8 Å². The third-order valence-corrected chi connectivity index (χ3v) is 3.35. The monoisotopic (exact) mass is 319 g/mol. The van der Waals surface area contributed by atoms with Gasteiger partial charge >= 0.3 is 0 Å². The molecule has 2 aromatic rings. The van der Waals surface area contributed by atoms with Crippen LogP contribution in [0.5, 0.6) is 0 Å². The van der Waals surface area contributed by atoms with Crippen LogP contribution in [0.1, 0.15) is 15.9 Å². The van der Waals surface area contributed by atoms with E-state index in [2.05, 4.69) is 5.32 Å². The molecular weight excluding hydrogens is 306 g/mol. The fourth-order valence-electron chi connectivity index (χ4n) is 1.92. The lowest BCUT2D eigenvalue weighted by molar-refractivity contribution is -0.383. The molecule has 0 aliphatic carbocycles. The maximum atomic E-state index is 12.0. The maximum absolute atomic E-state index is 12.0. The van der Waals surface area contributed by atoms with Crippen LogP contribution in [0.3, 0.4) is 0 Å². The Kier molecular flexibility index (Phi) is 4.95. The van der Waals surface area contributed by atoms with E-state index in [0.717, 1.165) is 5.56 Å². The molecule has 0 unspecified atom stereocenters. The van der Waals surface area contributed by atoms with Gasteiger partial charge in [0.2, 0.25) is 0 Å². The van der Waals surface area contributed by atoms with Crippen LogP contribution in [0.25, 0.3) is 0 Å². The summed E-state index contributed by atoms with van der Waals surface area (Å²) in [5, 5.41) is 14.2. The first kappa shape index (κ1) is 15.8. The second-order valence-corrected chi connectivity index (χ2v) is 5.10. The molecule has 114 valence electrons. The van der Waals surface area contributed by atoms with Crippen molar-refractivity contribution >= 4 is 28.9 Å². The van der Waals surface area contributed by atoms with Crippen LogP contribution in [0, 0.1) is 10.1 Å². The van der Waals surface area contributed by atoms with E-state index in [1.54, 1.807) is 12.1 Å². The van der Waals surface area contributed by atoms with Crippen molar-refractivity contribution in [3.8, 4) is 0 Å². The summed E-state index contributed by atoms with van der Waals surface area (Å²) in [6, 6.07) is 11.3. The SMILES string of the molecule is Nc1ccc(C(=O)NCCc2ccc(Cl)cc2)cc1[N+](=O)[O-]. The molecule has 2 aromatic carbocycles. The van der Waals surface area contributed by atoms with E-state index in [1.165, 1.54) is 18.2 Å². The van der Waals surface area contributed by atoms with E-state index >= 15 is 0 Å². The first-order valence-corrected chi connectivity index (χ1v) is 6.92. The predicted molar refractivity (Wildman–Crippen MR) is 85.0 cm³/mol. The number of nitrogens with zero attached hydrogens (tertiary/aromatic N) is 1. The highest BCUT2D eigenvalue weighted by Crippen LogP contribution is 2.22. The molecule has 0 fully saturated rings. The molecule has 2 rings (SSSR count). The van der Waals surface area contributed by atoms with Gasteiger partial charge in [0, 0.05) is 23.2 Å². The molecular formula is C15H14ClN3O3. The summed E-state index contributed by atoms with van der Waals surface area (Å²) in [6.45, 7) is 0.415. The Labute approximate surface area is 132 Å². The number of nitro benzene ring substituents is 1. The number of nitro groups is 1. The first-order valence-electron chi connectivity index (χ1n) is 6.54. The number of benzene rings is 2. The van der Waals surface area contributed by atoms with E-state index in [1.807, 2.05) is 12.1 Å². The van der Waals surface area contributed by atoms with Crippen LogP contribution in [0.15, 0.2) is 42.5 Å². The van der Waals surface area contributed by atoms with Gasteiger partial charge in [-0.15, -0.1) is 0 Å². The summed E-state index contributed by atoms with van der Waals surface area (Å²) in [4.78, 5) is 22.2. The van der Waals surface area contributed by atoms with Crippen molar-refractivity contribution in [3.05, 3.63) is 68.7 Å². The smallest absolute Gasteiger partial charge is 0.292 e. The Hall–Kier alpha value is -2.60. The Morgan fingerprint density at radius 3 is 2.55 bits per heavy atom. The topological polar surface area (TPSA) is 98.3 Å². The zero-order valence-electron chi connectivity index (χ0n) is 11.6. The van der Waals surface area contributed by atoms with Gasteiger partial charge in [0.15, 0.2) is 0 Å². The fourth-order valence-corrected chi connectivity index (χ4v) is 2.04. The van der Waals surface area contributed by atoms with Crippen molar-refractivity contribution in [1.82, 2.24) is 5.32 Å². The van der Waals surface area contributed by atoms with Crippen LogP contribution in [0.2, 0.25) is 5.02 Å². The van der Waals surface area contributed by atoms with Crippen molar-refractivity contribution in [1.29, 1.82) is 0 Å². The molecule has 0 spiro atoms. The maximum Gasteiger partial charge on any atom is 0.292 e. The summed E-state index contributed by atoms with van der Waals surface area (Å²) in [5.74, 6) is -0.378. The standard InChI is InChI=1S/C15H14ClN3O3/c16-12-4-1-10(2-5-12)7-8-18-15(20)11-3-6-13(17)14(9-11)19(21)22/h1-6,9H,7-8,17H2,(H,18,20). The number of rotatable bonds is 5. The Morgan fingerprint density at radius 2 is 1.91 bits per heavy atom. The van der Waals surface area contributed by atoms with Crippen molar-refractivity contribution in [3.63, 3.8) is 0 Å². The number of carbonyl (C=O) groups is 1. The van der Waals surface area contributed by atoms with Crippen LogP contribution < -0.4 is 11.1 Å². The molecule has 6 nitrogen and oxygen atoms in total. The van der Waals surface area contributed by atoms with Crippen molar-refractivity contribution in [2.45, 2.75) is 6.42 Å². The largest absolute Gasteiger partial charge is 0.393 e. The van der Waals surface area contributed by atoms with Gasteiger partial charge in [-0.05, 0) is 36.2 Å². The minimum Gasteiger partial charge on any atom is -0.393 e. The third-order valence-electron chi connectivity index (χ3n) is 3.10. The number of nitrogen functional groups attached to an aromatic ring is 1. The number of nitrogens with two attached hydrogens (primary N) is 1. The Morgan fingerprint density at radius 1 is 1.23 bits per heavy atom. The zero-order chi connectivity index (χ0) is 16.1. The first-order chi connectivity index (χ1) is 10.5. The number of carbonyl (C=O) groups excluding carboxylic acids is 1. The molecule has 0 aliphatic heterocycles. The number of amides is 1. The molecule has 0 aliphatic rings. The molecule has 0 aromatic heterocycles. The number of hydrogen-bond acceptors (Lipinski definition) is 4. The molecule has 0 radical (unpaired) electrons. The highest BCUT2D eigenvalue weighted by atomic mass is 35.5. The van der Waals surface area contributed by atoms with Gasteiger partial charge in [-0.25, -0.2) is 0 Å². The molecule has 0 atom stereocenters. The highest BCUT2D eigenvalue weighted by molar-refractivity contribution is 6.30. The number of halogens is 1. The molecule has 0 heterocycles. The molecule has 0 saturated heterocycles. The van der Waals surface area contributed by atoms with Crippen molar-refractivity contribution in [2.24, 2.45) is 0 Å². The second kappa shape index (κ2) is 6.91. The van der Waals surface area contributed by atoms with Crippen LogP contribution in [-0.2, 0) is 6.42 Å². The van der Waals surface area contributed by atoms with Gasteiger partial charge in [-0.2, -0.15) is 0 Å². The molecule has 7 heteroatoms. The van der Waals surface area contributed by atoms with Crippen LogP contribution >= 0.6 is 11.6 Å². The Balaban J connectivity index is 1.96. The predicted octanol–water partition coefficient (Wildman–Crippen LogP) is 2.80. The average Bonchev–Trinajstić information content (AvgIpc) is 2.49. The minimum atomic E-state index is -0.611. The third kappa shape index (κ3) is 3.95. The van der Waals surface area contributed by atoms with E-state index in [9.17, 15) is 14.9 Å². The van der Waals surface area contributed by atoms with Gasteiger partial charge in [0.1, 0.15) is 5.69 Å². The zero-order valence-corrected chi connectivity index (χ0v) is 12.3. The van der Waals surface area contributed by atoms with Gasteiger partial charge in [-0.1, -0.05) is 23.7 Å². The number of anilines is 1. The molecule has 0 saturated carbocycles. The highest BCUT2D eigenvalue weighted by Gasteiger charge is 2.15. The van der Waals surface area contributed by atoms with Crippen molar-refractivity contribution < 1.29 is 9.72 Å². The molecule has 0 bridgehead atoms. The van der Waals surface area contributed by atoms with Crippen LogP contribution in [-0.4, -0.2) is 17.4 Å². The van der Waals surface area contributed by atoms with Gasteiger partial charge in [0.05, 0.1) is 4.92 Å². The molecule has 3 N–H and O–H groups in total. The fraction of sp³-hybridized carbons (Fsp3) is 0.133. The average molecular weight is 320 g/mol. The summed E-state index contributed by atoms with van der Waals surface area (Å²) in [7, 11) is 0. The summed E-state index contributed by atoms with van der Waals surface area (Å²) >= 11 is 5.79. The Bertz CT molecular complexity index is 702. The summed E-state index contributed by atoms with van der Waals surface area (Å²) in [5.41, 5.74) is 6.49. The van der Waals surface area contributed by atoms with Crippen LogP contribution in [0.4, 0.5) is 11.4 Å². The van der Waals surface area contributed by atoms with Gasteiger partial charge < -0.3 is 11.1 Å². The second-order valence-electron chi connectivity index (χ2n) is 4.66. The lowest BCUT2D eigenvalue weighted by Crippen LogP contribution is -2.25. The lowest BCUT2D eigenvalue weighted by atomic mass is 10.1. The number of hydrogen-bond donors (Lipinski definition) is 2. The number of nitrogens with one attached hydrogen (secondary N) is 1. The molecule has 1 amide bonds. The van der Waals surface area contributed by atoms with E-state index in [4.69, 9.17) is 17.3 Å². The van der Waals surface area contributed by atoms with E-state index in [0.29, 0.717) is 18.0 Å². The van der Waals surface area contributed by atoms with Crippen molar-refractivity contribution in [2.75, 3.05) is 12.3 Å². The quantitative estimate of drug-likeness (QED) is 0.503. The van der Waals surface area contributed by atoms with Gasteiger partial charge in [-0.3, -0.25) is 14.9 Å². The minimum absolute atomic E-state index is 0.0303. The van der Waals surface area contributed by atoms with E-state index < -0.39 is 4.92 Å². The lowest BCUT2D eigenvalue weighted by Gasteiger charge is -2.06. The normalized spacial score (nSPS) is 10.2. The summed E-state index contributed by atoms with van der Waals surface area (Å²) in [6.07, 6.45) is 0.639.